The van der Waals surface area contributed by atoms with Crippen LogP contribution in [0.5, 0.6) is 0 Å². The molecule has 1 aliphatic carbocycles. The predicted molar refractivity (Wildman–Crippen MR) is 81.4 cm³/mol. The number of hydrogen-bond donors (Lipinski definition) is 1. The minimum absolute atomic E-state index is 0.718. The highest BCUT2D eigenvalue weighted by Crippen LogP contribution is 2.20. The molecule has 106 valence electrons. The van der Waals surface area contributed by atoms with Crippen LogP contribution in [0.2, 0.25) is 0 Å². The lowest BCUT2D eigenvalue weighted by atomic mass is 10.1. The van der Waals surface area contributed by atoms with Crippen LogP contribution >= 0.6 is 0 Å². The Morgan fingerprint density at radius 3 is 2.84 bits per heavy atom. The molecule has 0 aliphatic heterocycles. The van der Waals surface area contributed by atoms with E-state index in [-0.39, 0.29) is 0 Å². The van der Waals surface area contributed by atoms with Crippen LogP contribution in [0.15, 0.2) is 18.3 Å². The fourth-order valence-electron chi connectivity index (χ4n) is 2.18. The molecule has 3 heteroatoms. The third-order valence-electron chi connectivity index (χ3n) is 3.92. The maximum absolute atomic E-state index is 4.54. The Labute approximate surface area is 117 Å². The van der Waals surface area contributed by atoms with Crippen molar-refractivity contribution in [2.75, 3.05) is 18.0 Å². The van der Waals surface area contributed by atoms with Crippen molar-refractivity contribution in [3.63, 3.8) is 0 Å². The molecule has 0 bridgehead atoms. The second-order valence-corrected chi connectivity index (χ2v) is 5.73. The van der Waals surface area contributed by atoms with E-state index >= 15 is 0 Å². The maximum Gasteiger partial charge on any atom is 0.128 e. The molecule has 3 nitrogen and oxygen atoms in total. The molecule has 19 heavy (non-hydrogen) atoms. The van der Waals surface area contributed by atoms with Crippen LogP contribution in [0, 0.1) is 5.92 Å². The van der Waals surface area contributed by atoms with E-state index in [1.54, 1.807) is 0 Å². The van der Waals surface area contributed by atoms with Gasteiger partial charge in [-0.25, -0.2) is 4.98 Å². The molecular formula is C16H27N3. The molecule has 0 amide bonds. The first kappa shape index (κ1) is 14.3. The van der Waals surface area contributed by atoms with Gasteiger partial charge in [-0.05, 0) is 43.4 Å². The summed E-state index contributed by atoms with van der Waals surface area (Å²) in [5.74, 6) is 1.84. The quantitative estimate of drug-likeness (QED) is 0.779. The van der Waals surface area contributed by atoms with E-state index < -0.39 is 0 Å². The fourth-order valence-corrected chi connectivity index (χ4v) is 2.18. The molecule has 1 aliphatic rings. The molecule has 1 aromatic rings. The monoisotopic (exact) mass is 261 g/mol. The molecule has 1 unspecified atom stereocenters. The van der Waals surface area contributed by atoms with Crippen LogP contribution in [0.3, 0.4) is 0 Å². The predicted octanol–water partition coefficient (Wildman–Crippen LogP) is 3.21. The van der Waals surface area contributed by atoms with Crippen molar-refractivity contribution in [1.29, 1.82) is 0 Å². The molecule has 1 fully saturated rings. The van der Waals surface area contributed by atoms with Gasteiger partial charge in [0.15, 0.2) is 0 Å². The molecule has 1 atom stereocenters. The summed E-state index contributed by atoms with van der Waals surface area (Å²) in [6.07, 6.45) is 5.85. The fraction of sp³-hybridized carbons (Fsp3) is 0.688. The first-order chi connectivity index (χ1) is 9.22. The number of nitrogens with zero attached hydrogens (tertiary/aromatic N) is 2. The summed E-state index contributed by atoms with van der Waals surface area (Å²) in [4.78, 5) is 6.92. The van der Waals surface area contributed by atoms with E-state index in [4.69, 9.17) is 0 Å². The minimum atomic E-state index is 0.718. The van der Waals surface area contributed by atoms with E-state index in [0.717, 1.165) is 37.4 Å². The highest BCUT2D eigenvalue weighted by Gasteiger charge is 2.20. The van der Waals surface area contributed by atoms with Crippen molar-refractivity contribution in [1.82, 2.24) is 10.3 Å². The first-order valence-corrected chi connectivity index (χ1v) is 7.66. The van der Waals surface area contributed by atoms with Crippen LogP contribution in [-0.4, -0.2) is 24.1 Å². The molecule has 2 rings (SSSR count). The van der Waals surface area contributed by atoms with E-state index in [0.29, 0.717) is 0 Å². The first-order valence-electron chi connectivity index (χ1n) is 7.66. The van der Waals surface area contributed by atoms with Gasteiger partial charge in [0.25, 0.3) is 0 Å². The van der Waals surface area contributed by atoms with Gasteiger partial charge in [0.1, 0.15) is 5.82 Å². The van der Waals surface area contributed by atoms with Crippen LogP contribution in [-0.2, 0) is 6.54 Å². The van der Waals surface area contributed by atoms with Crippen LogP contribution < -0.4 is 10.2 Å². The van der Waals surface area contributed by atoms with Gasteiger partial charge in [-0.2, -0.15) is 0 Å². The zero-order chi connectivity index (χ0) is 13.7. The summed E-state index contributed by atoms with van der Waals surface area (Å²) in [6, 6.07) is 5.12. The summed E-state index contributed by atoms with van der Waals surface area (Å²) in [7, 11) is 0. The molecule has 0 radical (unpaired) electrons. The van der Waals surface area contributed by atoms with Gasteiger partial charge in [-0.3, -0.25) is 0 Å². The van der Waals surface area contributed by atoms with Gasteiger partial charge in [0.2, 0.25) is 0 Å². The van der Waals surface area contributed by atoms with Crippen LogP contribution in [0.4, 0.5) is 5.82 Å². The second-order valence-electron chi connectivity index (χ2n) is 5.73. The molecular weight excluding hydrogens is 234 g/mol. The molecule has 0 saturated heterocycles. The number of hydrogen-bond acceptors (Lipinski definition) is 3. The summed E-state index contributed by atoms with van der Waals surface area (Å²) in [5, 5.41) is 3.56. The van der Waals surface area contributed by atoms with E-state index in [2.05, 4.69) is 48.1 Å². The maximum atomic E-state index is 4.54. The van der Waals surface area contributed by atoms with Gasteiger partial charge in [0.05, 0.1) is 0 Å². The Morgan fingerprint density at radius 2 is 2.21 bits per heavy atom. The lowest BCUT2D eigenvalue weighted by molar-refractivity contribution is 0.545. The smallest absolute Gasteiger partial charge is 0.128 e. The lowest BCUT2D eigenvalue weighted by Crippen LogP contribution is -2.29. The Kier molecular flexibility index (Phi) is 5.20. The van der Waals surface area contributed by atoms with Crippen molar-refractivity contribution in [3.05, 3.63) is 23.9 Å². The average molecular weight is 261 g/mol. The molecule has 1 aromatic heterocycles. The highest BCUT2D eigenvalue weighted by atomic mass is 15.2. The standard InChI is InChI=1S/C16H27N3/c1-4-13(3)12-19(5-2)16-10-14(8-9-17-16)11-18-15-6-7-15/h8-10,13,15,18H,4-7,11-12H2,1-3H3. The van der Waals surface area contributed by atoms with Gasteiger partial charge >= 0.3 is 0 Å². The normalized spacial score (nSPS) is 16.4. The van der Waals surface area contributed by atoms with Crippen molar-refractivity contribution in [2.24, 2.45) is 5.92 Å². The summed E-state index contributed by atoms with van der Waals surface area (Å²) in [5.41, 5.74) is 1.35. The lowest BCUT2D eigenvalue weighted by Gasteiger charge is -2.25. The van der Waals surface area contributed by atoms with Crippen molar-refractivity contribution in [2.45, 2.75) is 52.6 Å². The second kappa shape index (κ2) is 6.90. The molecule has 1 saturated carbocycles. The van der Waals surface area contributed by atoms with Crippen LogP contribution in [0.25, 0.3) is 0 Å². The molecule has 0 spiro atoms. The van der Waals surface area contributed by atoms with Crippen molar-refractivity contribution >= 4 is 5.82 Å². The molecule has 0 aromatic carbocycles. The topological polar surface area (TPSA) is 28.2 Å². The number of rotatable bonds is 8. The number of nitrogens with one attached hydrogen (secondary N) is 1. The highest BCUT2D eigenvalue weighted by molar-refractivity contribution is 5.40. The van der Waals surface area contributed by atoms with E-state index in [1.165, 1.54) is 24.8 Å². The SMILES string of the molecule is CCC(C)CN(CC)c1cc(CNC2CC2)ccn1. The van der Waals surface area contributed by atoms with E-state index in [1.807, 2.05) is 6.20 Å². The number of anilines is 1. The van der Waals surface area contributed by atoms with Crippen molar-refractivity contribution in [3.8, 4) is 0 Å². The average Bonchev–Trinajstić information content (AvgIpc) is 3.26. The third-order valence-corrected chi connectivity index (χ3v) is 3.92. The number of aromatic nitrogens is 1. The summed E-state index contributed by atoms with van der Waals surface area (Å²) < 4.78 is 0. The Balaban J connectivity index is 1.97. The number of pyridine rings is 1. The largest absolute Gasteiger partial charge is 0.357 e. The van der Waals surface area contributed by atoms with Gasteiger partial charge in [-0.1, -0.05) is 20.3 Å². The Hall–Kier alpha value is -1.09. The zero-order valence-corrected chi connectivity index (χ0v) is 12.5. The van der Waals surface area contributed by atoms with Gasteiger partial charge in [-0.15, -0.1) is 0 Å². The third kappa shape index (κ3) is 4.50. The van der Waals surface area contributed by atoms with Crippen LogP contribution in [0.1, 0.15) is 45.6 Å². The molecule has 1 heterocycles. The Bertz CT molecular complexity index is 387. The van der Waals surface area contributed by atoms with Gasteiger partial charge < -0.3 is 10.2 Å². The van der Waals surface area contributed by atoms with E-state index in [9.17, 15) is 0 Å². The van der Waals surface area contributed by atoms with Gasteiger partial charge in [0, 0.05) is 31.9 Å². The Morgan fingerprint density at radius 1 is 1.42 bits per heavy atom. The van der Waals surface area contributed by atoms with Crippen molar-refractivity contribution < 1.29 is 0 Å². The molecule has 1 N–H and O–H groups in total. The minimum Gasteiger partial charge on any atom is -0.357 e. The summed E-state index contributed by atoms with van der Waals surface area (Å²) in [6.45, 7) is 9.86. The summed E-state index contributed by atoms with van der Waals surface area (Å²) >= 11 is 0. The zero-order valence-electron chi connectivity index (χ0n) is 12.5.